The van der Waals surface area contributed by atoms with E-state index < -0.39 is 0 Å². The Balaban J connectivity index is 2.13. The molecule has 2 rings (SSSR count). The lowest BCUT2D eigenvalue weighted by Gasteiger charge is -2.04. The van der Waals surface area contributed by atoms with E-state index in [9.17, 15) is 4.79 Å². The molecule has 1 heterocycles. The molecular weight excluding hydrogens is 262 g/mol. The highest BCUT2D eigenvalue weighted by Crippen LogP contribution is 2.18. The van der Waals surface area contributed by atoms with Crippen LogP contribution in [0.2, 0.25) is 0 Å². The smallest absolute Gasteiger partial charge is 0.248 e. The monoisotopic (exact) mass is 283 g/mol. The van der Waals surface area contributed by atoms with Gasteiger partial charge in [-0.15, -0.1) is 0 Å². The summed E-state index contributed by atoms with van der Waals surface area (Å²) in [6, 6.07) is 6.17. The van der Waals surface area contributed by atoms with Crippen LogP contribution in [0.5, 0.6) is 0 Å². The highest BCUT2D eigenvalue weighted by Gasteiger charge is 2.10. The van der Waals surface area contributed by atoms with E-state index in [4.69, 9.17) is 0 Å². The van der Waals surface area contributed by atoms with Crippen molar-refractivity contribution in [3.63, 3.8) is 0 Å². The first-order chi connectivity index (χ1) is 9.88. The maximum atomic E-state index is 12.0. The van der Waals surface area contributed by atoms with Crippen molar-refractivity contribution in [2.75, 3.05) is 5.32 Å². The number of hydrogen-bond acceptors (Lipinski definition) is 2. The van der Waals surface area contributed by atoms with Crippen molar-refractivity contribution in [2.24, 2.45) is 7.05 Å². The van der Waals surface area contributed by atoms with Crippen molar-refractivity contribution >= 4 is 17.7 Å². The van der Waals surface area contributed by atoms with E-state index in [-0.39, 0.29) is 5.91 Å². The van der Waals surface area contributed by atoms with E-state index in [1.807, 2.05) is 46.0 Å². The average molecular weight is 283 g/mol. The van der Waals surface area contributed by atoms with Gasteiger partial charge < -0.3 is 5.32 Å². The van der Waals surface area contributed by atoms with Crippen LogP contribution in [0.15, 0.2) is 24.3 Å². The average Bonchev–Trinajstić information content (AvgIpc) is 2.64. The summed E-state index contributed by atoms with van der Waals surface area (Å²) in [5.74, 6) is -0.144. The van der Waals surface area contributed by atoms with Gasteiger partial charge in [-0.3, -0.25) is 9.48 Å². The van der Waals surface area contributed by atoms with Gasteiger partial charge in [0.25, 0.3) is 0 Å². The Morgan fingerprint density at radius 1 is 1.24 bits per heavy atom. The summed E-state index contributed by atoms with van der Waals surface area (Å²) in [5.41, 5.74) is 5.98. The Kier molecular flexibility index (Phi) is 4.26. The van der Waals surface area contributed by atoms with Crippen LogP contribution in [0.4, 0.5) is 5.69 Å². The number of rotatable bonds is 3. The van der Waals surface area contributed by atoms with Crippen LogP contribution in [-0.2, 0) is 11.8 Å². The summed E-state index contributed by atoms with van der Waals surface area (Å²) in [5, 5.41) is 7.17. The van der Waals surface area contributed by atoms with Crippen molar-refractivity contribution in [2.45, 2.75) is 27.7 Å². The molecule has 0 saturated carbocycles. The van der Waals surface area contributed by atoms with Crippen molar-refractivity contribution in [1.29, 1.82) is 0 Å². The number of amides is 1. The van der Waals surface area contributed by atoms with Gasteiger partial charge in [0, 0.05) is 13.1 Å². The second kappa shape index (κ2) is 5.95. The van der Waals surface area contributed by atoms with Gasteiger partial charge in [0.05, 0.1) is 17.1 Å². The van der Waals surface area contributed by atoms with Gasteiger partial charge in [-0.25, -0.2) is 0 Å². The number of aromatic nitrogens is 2. The Labute approximate surface area is 125 Å². The van der Waals surface area contributed by atoms with E-state index in [2.05, 4.69) is 23.4 Å². The summed E-state index contributed by atoms with van der Waals surface area (Å²) in [6.45, 7) is 7.92. The summed E-state index contributed by atoms with van der Waals surface area (Å²) in [6.07, 6.45) is 3.40. The molecular formula is C17H21N3O. The number of carbonyl (C=O) groups is 1. The molecule has 4 nitrogen and oxygen atoms in total. The summed E-state index contributed by atoms with van der Waals surface area (Å²) in [4.78, 5) is 12.0. The van der Waals surface area contributed by atoms with E-state index >= 15 is 0 Å². The first-order valence-corrected chi connectivity index (χ1v) is 6.95. The molecule has 2 aromatic rings. The fourth-order valence-electron chi connectivity index (χ4n) is 2.30. The first-order valence-electron chi connectivity index (χ1n) is 6.95. The molecule has 1 amide bonds. The zero-order valence-electron chi connectivity index (χ0n) is 13.2. The minimum atomic E-state index is -0.144. The summed E-state index contributed by atoms with van der Waals surface area (Å²) in [7, 11) is 1.86. The van der Waals surface area contributed by atoms with Crippen molar-refractivity contribution in [3.05, 3.63) is 52.4 Å². The van der Waals surface area contributed by atoms with Crippen molar-refractivity contribution in [3.8, 4) is 0 Å². The number of carbonyl (C=O) groups excluding carboxylic acids is 1. The molecule has 21 heavy (non-hydrogen) atoms. The molecule has 1 N–H and O–H groups in total. The Bertz CT molecular complexity index is 711. The standard InChI is InChI=1S/C17H21N3O/c1-11-6-7-15(12(2)10-11)8-9-16(21)18-17-13(3)19-20(5)14(17)4/h6-10H,1-5H3,(H,18,21)/b9-8-. The van der Waals surface area contributed by atoms with Crippen LogP contribution in [0.1, 0.15) is 28.1 Å². The van der Waals surface area contributed by atoms with Crippen LogP contribution < -0.4 is 5.32 Å². The summed E-state index contributed by atoms with van der Waals surface area (Å²) >= 11 is 0. The van der Waals surface area contributed by atoms with Gasteiger partial charge in [0.15, 0.2) is 0 Å². The maximum absolute atomic E-state index is 12.0. The number of anilines is 1. The zero-order valence-corrected chi connectivity index (χ0v) is 13.2. The Hall–Kier alpha value is -2.36. The van der Waals surface area contributed by atoms with E-state index in [1.54, 1.807) is 10.8 Å². The molecule has 1 aromatic heterocycles. The number of nitrogens with one attached hydrogen (secondary N) is 1. The minimum Gasteiger partial charge on any atom is -0.319 e. The molecule has 0 aliphatic heterocycles. The van der Waals surface area contributed by atoms with Gasteiger partial charge in [0.1, 0.15) is 0 Å². The van der Waals surface area contributed by atoms with Gasteiger partial charge >= 0.3 is 0 Å². The Morgan fingerprint density at radius 3 is 2.52 bits per heavy atom. The SMILES string of the molecule is Cc1ccc(/C=C\C(=O)Nc2c(C)nn(C)c2C)c(C)c1. The minimum absolute atomic E-state index is 0.144. The number of benzene rings is 1. The third-order valence-electron chi connectivity index (χ3n) is 3.60. The van der Waals surface area contributed by atoms with E-state index in [0.29, 0.717) is 0 Å². The topological polar surface area (TPSA) is 46.9 Å². The Morgan fingerprint density at radius 2 is 1.95 bits per heavy atom. The van der Waals surface area contributed by atoms with E-state index in [1.165, 1.54) is 5.56 Å². The van der Waals surface area contributed by atoms with Crippen LogP contribution in [0, 0.1) is 27.7 Å². The molecule has 0 atom stereocenters. The van der Waals surface area contributed by atoms with Crippen molar-refractivity contribution < 1.29 is 4.79 Å². The van der Waals surface area contributed by atoms with Gasteiger partial charge in [-0.1, -0.05) is 23.8 Å². The maximum Gasteiger partial charge on any atom is 0.248 e. The first kappa shape index (κ1) is 15.0. The predicted octanol–water partition coefficient (Wildman–Crippen LogP) is 3.31. The highest BCUT2D eigenvalue weighted by molar-refractivity contribution is 6.02. The lowest BCUT2D eigenvalue weighted by molar-refractivity contribution is -0.111. The van der Waals surface area contributed by atoms with Gasteiger partial charge in [0.2, 0.25) is 5.91 Å². The molecule has 110 valence electrons. The molecule has 0 radical (unpaired) electrons. The fraction of sp³-hybridized carbons (Fsp3) is 0.294. The quantitative estimate of drug-likeness (QED) is 0.878. The molecule has 0 unspecified atom stereocenters. The van der Waals surface area contributed by atoms with E-state index in [0.717, 1.165) is 28.2 Å². The van der Waals surface area contributed by atoms with Gasteiger partial charge in [-0.2, -0.15) is 5.10 Å². The fourth-order valence-corrected chi connectivity index (χ4v) is 2.30. The molecule has 4 heteroatoms. The van der Waals surface area contributed by atoms with Crippen LogP contribution >= 0.6 is 0 Å². The molecule has 0 saturated heterocycles. The summed E-state index contributed by atoms with van der Waals surface area (Å²) < 4.78 is 1.76. The predicted molar refractivity (Wildman–Crippen MR) is 86.3 cm³/mol. The van der Waals surface area contributed by atoms with Crippen molar-refractivity contribution in [1.82, 2.24) is 9.78 Å². The van der Waals surface area contributed by atoms with Crippen LogP contribution in [0.25, 0.3) is 6.08 Å². The van der Waals surface area contributed by atoms with Crippen LogP contribution in [0.3, 0.4) is 0 Å². The molecule has 0 spiro atoms. The zero-order chi connectivity index (χ0) is 15.6. The molecule has 0 fully saturated rings. The lowest BCUT2D eigenvalue weighted by Crippen LogP contribution is -2.09. The molecule has 1 aromatic carbocycles. The number of nitrogens with zero attached hydrogens (tertiary/aromatic N) is 2. The number of hydrogen-bond donors (Lipinski definition) is 1. The lowest BCUT2D eigenvalue weighted by atomic mass is 10.1. The molecule has 0 aliphatic rings. The highest BCUT2D eigenvalue weighted by atomic mass is 16.1. The second-order valence-electron chi connectivity index (χ2n) is 5.35. The molecule has 0 bridgehead atoms. The molecule has 0 aliphatic carbocycles. The third kappa shape index (κ3) is 3.40. The third-order valence-corrected chi connectivity index (χ3v) is 3.60. The van der Waals surface area contributed by atoms with Crippen LogP contribution in [-0.4, -0.2) is 15.7 Å². The number of aryl methyl sites for hydroxylation is 4. The van der Waals surface area contributed by atoms with Gasteiger partial charge in [-0.05, 0) is 44.9 Å². The normalized spacial score (nSPS) is 11.1. The largest absolute Gasteiger partial charge is 0.319 e. The second-order valence-corrected chi connectivity index (χ2v) is 5.35.